The molecule has 0 atom stereocenters. The molecule has 0 heterocycles. The van der Waals surface area contributed by atoms with Crippen molar-refractivity contribution in [1.82, 2.24) is 0 Å². The number of hydrogen-bond acceptors (Lipinski definition) is 11. The number of esters is 2. The van der Waals surface area contributed by atoms with Gasteiger partial charge in [-0.3, -0.25) is 19.7 Å². The third-order valence-electron chi connectivity index (χ3n) is 4.62. The number of hydrogen-bond donors (Lipinski definition) is 0. The molecule has 0 aliphatic carbocycles. The summed E-state index contributed by atoms with van der Waals surface area (Å²) in [7, 11) is -3.83. The van der Waals surface area contributed by atoms with E-state index in [2.05, 4.69) is 10.2 Å². The molecule has 35 heavy (non-hydrogen) atoms. The van der Waals surface area contributed by atoms with Crippen LogP contribution >= 0.6 is 0 Å². The van der Waals surface area contributed by atoms with E-state index in [4.69, 9.17) is 9.47 Å². The van der Waals surface area contributed by atoms with Crippen LogP contribution in [-0.4, -0.2) is 57.8 Å². The van der Waals surface area contributed by atoms with Crippen molar-refractivity contribution in [2.75, 3.05) is 37.5 Å². The molecular formula is C22H26N4O8S. The zero-order valence-electron chi connectivity index (χ0n) is 19.8. The number of rotatable bonds is 11. The van der Waals surface area contributed by atoms with Gasteiger partial charge in [0.15, 0.2) is 9.84 Å². The summed E-state index contributed by atoms with van der Waals surface area (Å²) in [6, 6.07) is 8.55. The summed E-state index contributed by atoms with van der Waals surface area (Å²) in [5.74, 6) is -0.888. The predicted octanol–water partition coefficient (Wildman–Crippen LogP) is 3.65. The number of ether oxygens (including phenoxy) is 2. The minimum atomic E-state index is -3.83. The molecule has 0 radical (unpaired) electrons. The highest BCUT2D eigenvalue weighted by Gasteiger charge is 2.19. The molecule has 0 N–H and O–H groups in total. The van der Waals surface area contributed by atoms with E-state index < -0.39 is 26.7 Å². The number of nitro benzene ring substituents is 1. The highest BCUT2D eigenvalue weighted by atomic mass is 32.2. The number of nitro groups is 1. The number of azo groups is 1. The zero-order chi connectivity index (χ0) is 26.2. The monoisotopic (exact) mass is 506 g/mol. The largest absolute Gasteiger partial charge is 0.464 e. The van der Waals surface area contributed by atoms with Gasteiger partial charge in [-0.25, -0.2) is 8.42 Å². The van der Waals surface area contributed by atoms with Gasteiger partial charge in [0.05, 0.1) is 23.7 Å². The van der Waals surface area contributed by atoms with Crippen molar-refractivity contribution in [2.24, 2.45) is 10.2 Å². The van der Waals surface area contributed by atoms with Crippen molar-refractivity contribution in [3.63, 3.8) is 0 Å². The number of non-ortho nitro benzene ring substituents is 1. The van der Waals surface area contributed by atoms with E-state index >= 15 is 0 Å². The summed E-state index contributed by atoms with van der Waals surface area (Å²) in [5, 5.41) is 19.3. The fraction of sp³-hybridized carbons (Fsp3) is 0.364. The van der Waals surface area contributed by atoms with Crippen LogP contribution in [0.4, 0.5) is 22.7 Å². The van der Waals surface area contributed by atoms with Crippen LogP contribution in [0.1, 0.15) is 19.4 Å². The lowest BCUT2D eigenvalue weighted by Crippen LogP contribution is -2.32. The molecule has 188 valence electrons. The Morgan fingerprint density at radius 3 is 2.03 bits per heavy atom. The third kappa shape index (κ3) is 8.45. The lowest BCUT2D eigenvalue weighted by Gasteiger charge is -2.26. The van der Waals surface area contributed by atoms with E-state index in [9.17, 15) is 28.1 Å². The molecule has 0 aliphatic rings. The first-order valence-corrected chi connectivity index (χ1v) is 12.3. The maximum Gasteiger partial charge on any atom is 0.302 e. The molecule has 2 rings (SSSR count). The fourth-order valence-electron chi connectivity index (χ4n) is 3.03. The summed E-state index contributed by atoms with van der Waals surface area (Å²) in [4.78, 5) is 34.2. The summed E-state index contributed by atoms with van der Waals surface area (Å²) in [5.41, 5.74) is 1.38. The third-order valence-corrected chi connectivity index (χ3v) is 5.75. The SMILES string of the molecule is CC(=O)OCCN(CCOC(C)=O)c1cc(C)ccc1N=Nc1ccc([N+](=O)[O-])cc1S(C)(=O)=O. The molecule has 13 heteroatoms. The van der Waals surface area contributed by atoms with Crippen LogP contribution in [0, 0.1) is 17.0 Å². The first-order chi connectivity index (χ1) is 16.4. The number of carbonyl (C=O) groups excluding carboxylic acids is 2. The Morgan fingerprint density at radius 1 is 0.971 bits per heavy atom. The van der Waals surface area contributed by atoms with Crippen LogP contribution < -0.4 is 4.90 Å². The second kappa shape index (κ2) is 12.0. The van der Waals surface area contributed by atoms with Crippen LogP contribution in [0.2, 0.25) is 0 Å². The van der Waals surface area contributed by atoms with E-state index in [-0.39, 0.29) is 42.6 Å². The molecule has 0 amide bonds. The number of carbonyl (C=O) groups is 2. The zero-order valence-corrected chi connectivity index (χ0v) is 20.6. The molecule has 0 aromatic heterocycles. The van der Waals surface area contributed by atoms with Crippen molar-refractivity contribution in [3.8, 4) is 0 Å². The first-order valence-electron chi connectivity index (χ1n) is 10.4. The van der Waals surface area contributed by atoms with Crippen LogP contribution in [-0.2, 0) is 28.9 Å². The summed E-state index contributed by atoms with van der Waals surface area (Å²) < 4.78 is 34.5. The molecule has 0 spiro atoms. The number of aryl methyl sites for hydroxylation is 1. The molecule has 2 aromatic rings. The summed E-state index contributed by atoms with van der Waals surface area (Å²) >= 11 is 0. The minimum absolute atomic E-state index is 0.0593. The second-order valence-corrected chi connectivity index (χ2v) is 9.52. The average Bonchev–Trinajstić information content (AvgIpc) is 2.76. The Labute approximate surface area is 202 Å². The van der Waals surface area contributed by atoms with Gasteiger partial charge in [0.1, 0.15) is 29.5 Å². The fourth-order valence-corrected chi connectivity index (χ4v) is 3.85. The first kappa shape index (κ1) is 27.4. The topological polar surface area (TPSA) is 158 Å². The molecular weight excluding hydrogens is 480 g/mol. The van der Waals surface area contributed by atoms with Crippen LogP contribution in [0.15, 0.2) is 51.5 Å². The Hall–Kier alpha value is -3.87. The van der Waals surface area contributed by atoms with E-state index in [1.54, 1.807) is 17.0 Å². The van der Waals surface area contributed by atoms with Crippen molar-refractivity contribution >= 4 is 44.5 Å². The standard InChI is InChI=1S/C22H26N4O8S/c1-15-5-7-19(21(13-15)25(9-11-33-16(2)27)10-12-34-17(3)28)23-24-20-8-6-18(26(29)30)14-22(20)35(4,31)32/h5-8,13-14H,9-12H2,1-4H3. The van der Waals surface area contributed by atoms with Crippen LogP contribution in [0.25, 0.3) is 0 Å². The Balaban J connectivity index is 2.47. The maximum absolute atomic E-state index is 12.2. The van der Waals surface area contributed by atoms with Crippen molar-refractivity contribution in [3.05, 3.63) is 52.1 Å². The van der Waals surface area contributed by atoms with Gasteiger partial charge in [-0.1, -0.05) is 6.07 Å². The number of sulfone groups is 1. The van der Waals surface area contributed by atoms with Crippen LogP contribution in [0.5, 0.6) is 0 Å². The van der Waals surface area contributed by atoms with Gasteiger partial charge in [-0.05, 0) is 30.7 Å². The molecule has 0 saturated carbocycles. The summed E-state index contributed by atoms with van der Waals surface area (Å²) in [6.45, 7) is 5.11. The minimum Gasteiger partial charge on any atom is -0.464 e. The number of nitrogens with zero attached hydrogens (tertiary/aromatic N) is 4. The molecule has 0 fully saturated rings. The molecule has 12 nitrogen and oxygen atoms in total. The van der Waals surface area contributed by atoms with Gasteiger partial charge in [0.25, 0.3) is 5.69 Å². The van der Waals surface area contributed by atoms with Crippen LogP contribution in [0.3, 0.4) is 0 Å². The Kier molecular flexibility index (Phi) is 9.40. The van der Waals surface area contributed by atoms with E-state index in [1.165, 1.54) is 19.9 Å². The van der Waals surface area contributed by atoms with E-state index in [0.29, 0.717) is 11.4 Å². The van der Waals surface area contributed by atoms with Gasteiger partial charge < -0.3 is 14.4 Å². The number of anilines is 1. The summed E-state index contributed by atoms with van der Waals surface area (Å²) in [6.07, 6.45) is 0.925. The second-order valence-electron chi connectivity index (χ2n) is 7.54. The van der Waals surface area contributed by atoms with E-state index in [0.717, 1.165) is 24.0 Å². The quantitative estimate of drug-likeness (QED) is 0.192. The highest BCUT2D eigenvalue weighted by molar-refractivity contribution is 7.90. The molecule has 0 aliphatic heterocycles. The molecule has 2 aromatic carbocycles. The average molecular weight is 507 g/mol. The van der Waals surface area contributed by atoms with E-state index in [1.807, 2.05) is 13.0 Å². The Bertz CT molecular complexity index is 1220. The van der Waals surface area contributed by atoms with Crippen molar-refractivity contribution in [1.29, 1.82) is 0 Å². The highest BCUT2D eigenvalue weighted by Crippen LogP contribution is 2.34. The number of benzene rings is 2. The Morgan fingerprint density at radius 2 is 1.51 bits per heavy atom. The molecule has 0 saturated heterocycles. The van der Waals surface area contributed by atoms with Gasteiger partial charge in [-0.15, -0.1) is 10.2 Å². The van der Waals surface area contributed by atoms with Crippen molar-refractivity contribution < 1.29 is 32.4 Å². The van der Waals surface area contributed by atoms with Gasteiger partial charge in [0, 0.05) is 32.2 Å². The smallest absolute Gasteiger partial charge is 0.302 e. The lowest BCUT2D eigenvalue weighted by molar-refractivity contribution is -0.385. The normalized spacial score (nSPS) is 11.3. The van der Waals surface area contributed by atoms with Gasteiger partial charge in [0.2, 0.25) is 0 Å². The van der Waals surface area contributed by atoms with Gasteiger partial charge >= 0.3 is 11.9 Å². The molecule has 0 bridgehead atoms. The maximum atomic E-state index is 12.2. The molecule has 0 unspecified atom stereocenters. The lowest BCUT2D eigenvalue weighted by atomic mass is 10.1. The van der Waals surface area contributed by atoms with Crippen molar-refractivity contribution in [2.45, 2.75) is 25.7 Å². The van der Waals surface area contributed by atoms with Gasteiger partial charge in [-0.2, -0.15) is 0 Å². The predicted molar refractivity (Wildman–Crippen MR) is 127 cm³/mol.